The molecule has 0 bridgehead atoms. The molecule has 274 valence electrons. The zero-order chi connectivity index (χ0) is 36.9. The molecule has 1 unspecified atom stereocenters. The second kappa shape index (κ2) is 15.8. The number of hydrogen-bond donors (Lipinski definition) is 2. The van der Waals surface area contributed by atoms with Crippen LogP contribution in [0.1, 0.15) is 60.7 Å². The van der Waals surface area contributed by atoms with Crippen LogP contribution in [0.15, 0.2) is 47.5 Å². The highest BCUT2D eigenvalue weighted by Crippen LogP contribution is 2.43. The summed E-state index contributed by atoms with van der Waals surface area (Å²) in [6.07, 6.45) is 4.83. The summed E-state index contributed by atoms with van der Waals surface area (Å²) in [6.45, 7) is 10.6. The molecule has 0 aromatic heterocycles. The van der Waals surface area contributed by atoms with Crippen molar-refractivity contribution in [3.8, 4) is 40.2 Å². The molecule has 0 saturated carbocycles. The molecule has 3 aliphatic rings. The number of fused-ring (bicyclic) bond motifs is 2. The largest absolute Gasteiger partial charge is 0.504 e. The van der Waals surface area contributed by atoms with E-state index in [-0.39, 0.29) is 29.1 Å². The van der Waals surface area contributed by atoms with E-state index >= 15 is 0 Å². The van der Waals surface area contributed by atoms with Crippen LogP contribution in [0.4, 0.5) is 11.4 Å². The molecule has 3 N–H and O–H groups in total. The molecule has 3 aliphatic heterocycles. The van der Waals surface area contributed by atoms with Crippen molar-refractivity contribution in [2.24, 2.45) is 4.99 Å². The number of benzene rings is 3. The maximum Gasteiger partial charge on any atom is 0.256 e. The van der Waals surface area contributed by atoms with Crippen LogP contribution in [0.5, 0.6) is 40.2 Å². The third-order valence-corrected chi connectivity index (χ3v) is 9.88. The van der Waals surface area contributed by atoms with Crippen molar-refractivity contribution in [1.82, 2.24) is 14.7 Å². The number of ether oxygens (including phenoxy) is 5. The summed E-state index contributed by atoms with van der Waals surface area (Å²) >= 11 is 0. The van der Waals surface area contributed by atoms with Crippen molar-refractivity contribution in [2.45, 2.75) is 51.6 Å². The van der Waals surface area contributed by atoms with Crippen molar-refractivity contribution in [2.75, 3.05) is 66.9 Å². The van der Waals surface area contributed by atoms with Crippen molar-refractivity contribution >= 4 is 29.4 Å². The van der Waals surface area contributed by atoms with Gasteiger partial charge in [-0.05, 0) is 57.4 Å². The number of phenolic OH excluding ortho intramolecular Hbond substituents is 1. The maximum absolute atomic E-state index is 13.0. The smallest absolute Gasteiger partial charge is 0.256 e. The lowest BCUT2D eigenvalue weighted by atomic mass is 9.98. The summed E-state index contributed by atoms with van der Waals surface area (Å²) < 4.78 is 27.1. The first-order valence-electron chi connectivity index (χ1n) is 17.1. The van der Waals surface area contributed by atoms with E-state index in [0.717, 1.165) is 38.9 Å². The van der Waals surface area contributed by atoms with Gasteiger partial charge in [0, 0.05) is 68.2 Å². The maximum atomic E-state index is 13.0. The van der Waals surface area contributed by atoms with E-state index < -0.39 is 0 Å². The van der Waals surface area contributed by atoms with Crippen LogP contribution in [-0.4, -0.2) is 111 Å². The molecule has 3 aromatic rings. The minimum absolute atomic E-state index is 0.00302. The van der Waals surface area contributed by atoms with Gasteiger partial charge >= 0.3 is 0 Å². The minimum atomic E-state index is -0.0386. The topological polar surface area (TPSA) is 149 Å². The first kappa shape index (κ1) is 37.1. The third kappa shape index (κ3) is 7.93. The number of methoxy groups -OCH3 is 4. The number of anilines is 1. The monoisotopic (exact) mass is 703 g/mol. The second-order valence-electron chi connectivity index (χ2n) is 13.2. The summed E-state index contributed by atoms with van der Waals surface area (Å²) in [5.41, 5.74) is 8.31. The number of nitrogens with zero attached hydrogens (tertiary/aromatic N) is 4. The van der Waals surface area contributed by atoms with Crippen LogP contribution in [0.25, 0.3) is 0 Å². The molecule has 3 aromatic carbocycles. The van der Waals surface area contributed by atoms with Gasteiger partial charge in [-0.3, -0.25) is 19.5 Å². The molecule has 6 rings (SSSR count). The van der Waals surface area contributed by atoms with Crippen LogP contribution in [0, 0.1) is 0 Å². The van der Waals surface area contributed by atoms with Gasteiger partial charge in [-0.1, -0.05) is 6.92 Å². The van der Waals surface area contributed by atoms with Crippen LogP contribution in [0.2, 0.25) is 0 Å². The summed E-state index contributed by atoms with van der Waals surface area (Å²) in [6, 6.07) is 11.6. The Labute approximate surface area is 299 Å². The molecule has 3 heterocycles. The molecular formula is C38H49N5O8. The van der Waals surface area contributed by atoms with E-state index in [1.54, 1.807) is 63.9 Å². The van der Waals surface area contributed by atoms with E-state index in [4.69, 9.17) is 29.4 Å². The van der Waals surface area contributed by atoms with Crippen LogP contribution in [0.3, 0.4) is 0 Å². The normalized spacial score (nSPS) is 17.1. The second-order valence-corrected chi connectivity index (χ2v) is 13.2. The number of rotatable bonds is 9. The Bertz CT molecular complexity index is 1740. The number of amides is 2. The van der Waals surface area contributed by atoms with Gasteiger partial charge < -0.3 is 44.3 Å². The molecule has 2 saturated heterocycles. The Hall–Kier alpha value is -5.17. The van der Waals surface area contributed by atoms with E-state index in [1.165, 1.54) is 13.2 Å². The van der Waals surface area contributed by atoms with E-state index in [1.807, 2.05) is 9.80 Å². The fraction of sp³-hybridized carbons (Fsp3) is 0.447. The van der Waals surface area contributed by atoms with Gasteiger partial charge in [0.25, 0.3) is 11.8 Å². The Balaban J connectivity index is 0.000000234. The Morgan fingerprint density at radius 1 is 0.902 bits per heavy atom. The average Bonchev–Trinajstić information content (AvgIpc) is 3.58. The molecule has 0 radical (unpaired) electrons. The number of carbonyl (C=O) groups is 2. The standard InChI is InChI=1S/C25H35N3O5.C13H14N2O3/c1-7-25(2,3)28-12-10-27(11-13-28)24(29)17-8-9-20(19(26)14-17)33-18-15-21(30-4)23(32-6)22(16-18)31-5;1-18-12-5-9-10(6-11(12)16)14-7-8-3-2-4-15(8)13(9)17/h8-9,14-16H,7,10-13,26H2,1-6H3;5-8,16H,2-4H2,1H3. The average molecular weight is 704 g/mol. The number of aliphatic imine (C=N–C) groups is 1. The summed E-state index contributed by atoms with van der Waals surface area (Å²) in [4.78, 5) is 35.9. The Morgan fingerprint density at radius 3 is 2.16 bits per heavy atom. The molecule has 0 spiro atoms. The molecule has 1 atom stereocenters. The van der Waals surface area contributed by atoms with Gasteiger partial charge in [0.1, 0.15) is 11.5 Å². The van der Waals surface area contributed by atoms with Crippen LogP contribution < -0.4 is 29.4 Å². The number of aromatic hydroxyl groups is 1. The highest BCUT2D eigenvalue weighted by atomic mass is 16.5. The summed E-state index contributed by atoms with van der Waals surface area (Å²) in [7, 11) is 6.08. The molecule has 2 amide bonds. The third-order valence-electron chi connectivity index (χ3n) is 9.88. The van der Waals surface area contributed by atoms with Crippen molar-refractivity contribution < 1.29 is 38.4 Å². The highest BCUT2D eigenvalue weighted by molar-refractivity contribution is 6.03. The molecule has 0 aliphatic carbocycles. The van der Waals surface area contributed by atoms with E-state index in [2.05, 4.69) is 30.7 Å². The molecule has 2 fully saturated rings. The Morgan fingerprint density at radius 2 is 1.57 bits per heavy atom. The zero-order valence-electron chi connectivity index (χ0n) is 30.5. The molecule has 51 heavy (non-hydrogen) atoms. The van der Waals surface area contributed by atoms with Gasteiger partial charge in [0.15, 0.2) is 23.0 Å². The fourth-order valence-electron chi connectivity index (χ4n) is 6.46. The van der Waals surface area contributed by atoms with Gasteiger partial charge in [-0.15, -0.1) is 0 Å². The van der Waals surface area contributed by atoms with Crippen molar-refractivity contribution in [3.05, 3.63) is 53.6 Å². The number of carbonyl (C=O) groups excluding carboxylic acids is 2. The van der Waals surface area contributed by atoms with Crippen LogP contribution >= 0.6 is 0 Å². The quantitative estimate of drug-likeness (QED) is 0.264. The number of nitrogens with two attached hydrogens (primary N) is 1. The summed E-state index contributed by atoms with van der Waals surface area (Å²) in [5.74, 6) is 2.59. The van der Waals surface area contributed by atoms with Gasteiger partial charge in [-0.2, -0.15) is 0 Å². The van der Waals surface area contributed by atoms with Gasteiger partial charge in [0.2, 0.25) is 5.75 Å². The lowest BCUT2D eigenvalue weighted by Gasteiger charge is -2.43. The number of phenols is 1. The Kier molecular flexibility index (Phi) is 11.5. The summed E-state index contributed by atoms with van der Waals surface area (Å²) in [5, 5.41) is 9.72. The van der Waals surface area contributed by atoms with E-state index in [0.29, 0.717) is 70.1 Å². The van der Waals surface area contributed by atoms with Gasteiger partial charge in [-0.25, -0.2) is 0 Å². The SMILES string of the molecule is CCC(C)(C)N1CCN(C(=O)c2ccc(Oc3cc(OC)c(OC)c(OC)c3)c(N)c2)CC1.COc1cc2c(cc1O)N=CC1CCCN1C2=O. The lowest BCUT2D eigenvalue weighted by molar-refractivity contribution is 0.0390. The number of hydrogen-bond acceptors (Lipinski definition) is 11. The predicted octanol–water partition coefficient (Wildman–Crippen LogP) is 5.75. The van der Waals surface area contributed by atoms with Gasteiger partial charge in [0.05, 0.1) is 51.4 Å². The number of nitrogen functional groups attached to an aromatic ring is 1. The zero-order valence-corrected chi connectivity index (χ0v) is 30.5. The van der Waals surface area contributed by atoms with E-state index in [9.17, 15) is 14.7 Å². The molecular weight excluding hydrogens is 654 g/mol. The minimum Gasteiger partial charge on any atom is -0.504 e. The first-order valence-corrected chi connectivity index (χ1v) is 17.1. The predicted molar refractivity (Wildman–Crippen MR) is 196 cm³/mol. The molecule has 13 heteroatoms. The first-order chi connectivity index (χ1) is 24.4. The van der Waals surface area contributed by atoms with Crippen molar-refractivity contribution in [1.29, 1.82) is 0 Å². The highest BCUT2D eigenvalue weighted by Gasteiger charge is 2.33. The van der Waals surface area contributed by atoms with Crippen LogP contribution in [-0.2, 0) is 0 Å². The van der Waals surface area contributed by atoms with Crippen molar-refractivity contribution in [3.63, 3.8) is 0 Å². The fourth-order valence-corrected chi connectivity index (χ4v) is 6.46. The molecule has 13 nitrogen and oxygen atoms in total. The lowest BCUT2D eigenvalue weighted by Crippen LogP contribution is -2.55. The number of piperazine rings is 1.